The van der Waals surface area contributed by atoms with Gasteiger partial charge in [-0.15, -0.1) is 10.2 Å². The fraction of sp³-hybridized carbons (Fsp3) is 0.417. The van der Waals surface area contributed by atoms with Gasteiger partial charge in [-0.3, -0.25) is 0 Å². The highest BCUT2D eigenvalue weighted by atomic mass is 16.5. The zero-order valence-electron chi connectivity index (χ0n) is 10.4. The summed E-state index contributed by atoms with van der Waals surface area (Å²) in [5.74, 6) is 1.59. The lowest BCUT2D eigenvalue weighted by molar-refractivity contribution is 0.414. The molecule has 96 valence electrons. The number of hydrogen-bond donors (Lipinski definition) is 1. The maximum absolute atomic E-state index is 5.44. The Morgan fingerprint density at radius 3 is 2.72 bits per heavy atom. The number of methoxy groups -OCH3 is 1. The molecule has 0 aliphatic carbocycles. The highest BCUT2D eigenvalue weighted by Crippen LogP contribution is 2.11. The van der Waals surface area contributed by atoms with Crippen molar-refractivity contribution in [3.8, 4) is 5.75 Å². The lowest BCUT2D eigenvalue weighted by Gasteiger charge is -2.02. The van der Waals surface area contributed by atoms with Gasteiger partial charge in [0, 0.05) is 6.42 Å². The Labute approximate surface area is 106 Å². The minimum absolute atomic E-state index is 0.611. The molecule has 6 heteroatoms. The first-order valence-corrected chi connectivity index (χ1v) is 5.91. The van der Waals surface area contributed by atoms with E-state index in [1.54, 1.807) is 11.9 Å². The van der Waals surface area contributed by atoms with Crippen LogP contribution in [0.2, 0.25) is 0 Å². The molecule has 0 saturated heterocycles. The molecule has 2 rings (SSSR count). The maximum Gasteiger partial charge on any atom is 0.174 e. The molecule has 0 unspecified atom stereocenters. The molecule has 0 aliphatic heterocycles. The van der Waals surface area contributed by atoms with Crippen LogP contribution in [0.25, 0.3) is 0 Å². The topological polar surface area (TPSA) is 78.8 Å². The van der Waals surface area contributed by atoms with Crippen LogP contribution in [0.5, 0.6) is 5.75 Å². The molecule has 0 fully saturated rings. The second-order valence-corrected chi connectivity index (χ2v) is 3.98. The number of nitrogens with zero attached hydrogens (tertiary/aromatic N) is 4. The van der Waals surface area contributed by atoms with Crippen LogP contribution in [0.15, 0.2) is 24.3 Å². The van der Waals surface area contributed by atoms with Gasteiger partial charge < -0.3 is 10.5 Å². The SMILES string of the molecule is COc1ccc(Cn2nnc(CCCN)n2)cc1. The van der Waals surface area contributed by atoms with E-state index in [9.17, 15) is 0 Å². The van der Waals surface area contributed by atoms with Gasteiger partial charge in [0.15, 0.2) is 5.82 Å². The van der Waals surface area contributed by atoms with E-state index in [1.165, 1.54) is 0 Å². The summed E-state index contributed by atoms with van der Waals surface area (Å²) in [6.07, 6.45) is 1.66. The van der Waals surface area contributed by atoms with Crippen molar-refractivity contribution in [1.29, 1.82) is 0 Å². The average Bonchev–Trinajstić information content (AvgIpc) is 2.85. The predicted molar refractivity (Wildman–Crippen MR) is 67.3 cm³/mol. The van der Waals surface area contributed by atoms with Crippen LogP contribution >= 0.6 is 0 Å². The maximum atomic E-state index is 5.44. The molecule has 6 nitrogen and oxygen atoms in total. The van der Waals surface area contributed by atoms with Crippen LogP contribution < -0.4 is 10.5 Å². The largest absolute Gasteiger partial charge is 0.497 e. The van der Waals surface area contributed by atoms with E-state index in [0.29, 0.717) is 13.1 Å². The summed E-state index contributed by atoms with van der Waals surface area (Å²) in [5, 5.41) is 12.3. The van der Waals surface area contributed by atoms with Crippen LogP contribution in [0.4, 0.5) is 0 Å². The van der Waals surface area contributed by atoms with Gasteiger partial charge in [-0.25, -0.2) is 0 Å². The number of aromatic nitrogens is 4. The van der Waals surface area contributed by atoms with Crippen LogP contribution in [-0.4, -0.2) is 33.9 Å². The third kappa shape index (κ3) is 3.27. The number of aryl methyl sites for hydroxylation is 1. The van der Waals surface area contributed by atoms with Crippen molar-refractivity contribution in [2.45, 2.75) is 19.4 Å². The van der Waals surface area contributed by atoms with Gasteiger partial charge in [0.25, 0.3) is 0 Å². The van der Waals surface area contributed by atoms with Crippen molar-refractivity contribution in [2.24, 2.45) is 5.73 Å². The van der Waals surface area contributed by atoms with Crippen LogP contribution in [0.1, 0.15) is 17.8 Å². The molecule has 1 aromatic heterocycles. The molecule has 0 atom stereocenters. The molecule has 0 aliphatic rings. The molecular formula is C12H17N5O. The van der Waals surface area contributed by atoms with E-state index in [0.717, 1.165) is 30.0 Å². The van der Waals surface area contributed by atoms with Crippen molar-refractivity contribution in [3.05, 3.63) is 35.7 Å². The lowest BCUT2D eigenvalue weighted by Crippen LogP contribution is -2.05. The summed E-state index contributed by atoms with van der Waals surface area (Å²) in [6, 6.07) is 7.81. The van der Waals surface area contributed by atoms with Gasteiger partial charge in [-0.1, -0.05) is 12.1 Å². The first-order chi connectivity index (χ1) is 8.81. The van der Waals surface area contributed by atoms with E-state index >= 15 is 0 Å². The third-order valence-corrected chi connectivity index (χ3v) is 2.58. The highest BCUT2D eigenvalue weighted by molar-refractivity contribution is 5.27. The fourth-order valence-electron chi connectivity index (χ4n) is 1.60. The van der Waals surface area contributed by atoms with Gasteiger partial charge in [0.2, 0.25) is 0 Å². The Morgan fingerprint density at radius 2 is 2.06 bits per heavy atom. The van der Waals surface area contributed by atoms with E-state index in [4.69, 9.17) is 10.5 Å². The second kappa shape index (κ2) is 6.11. The average molecular weight is 247 g/mol. The number of ether oxygens (including phenoxy) is 1. The van der Waals surface area contributed by atoms with Gasteiger partial charge >= 0.3 is 0 Å². The molecule has 0 saturated carbocycles. The molecule has 1 aromatic carbocycles. The van der Waals surface area contributed by atoms with Crippen molar-refractivity contribution in [2.75, 3.05) is 13.7 Å². The molecule has 2 N–H and O–H groups in total. The molecule has 0 bridgehead atoms. The molecule has 0 amide bonds. The van der Waals surface area contributed by atoms with E-state index < -0.39 is 0 Å². The standard InChI is InChI=1S/C12H17N5O/c1-18-11-6-4-10(5-7-11)9-17-15-12(14-16-17)3-2-8-13/h4-7H,2-3,8-9,13H2,1H3. The van der Waals surface area contributed by atoms with Crippen molar-refractivity contribution < 1.29 is 4.74 Å². The van der Waals surface area contributed by atoms with Crippen LogP contribution in [0.3, 0.4) is 0 Å². The van der Waals surface area contributed by atoms with Gasteiger partial charge in [-0.2, -0.15) is 4.80 Å². The summed E-state index contributed by atoms with van der Waals surface area (Å²) in [4.78, 5) is 1.59. The first-order valence-electron chi connectivity index (χ1n) is 5.91. The number of nitrogens with two attached hydrogens (primary N) is 1. The summed E-state index contributed by atoms with van der Waals surface area (Å²) < 4.78 is 5.11. The second-order valence-electron chi connectivity index (χ2n) is 3.98. The summed E-state index contributed by atoms with van der Waals surface area (Å²) in [7, 11) is 1.65. The van der Waals surface area contributed by atoms with E-state index in [2.05, 4.69) is 15.4 Å². The monoisotopic (exact) mass is 247 g/mol. The molecule has 0 spiro atoms. The van der Waals surface area contributed by atoms with Gasteiger partial charge in [-0.05, 0) is 35.9 Å². The summed E-state index contributed by atoms with van der Waals surface area (Å²) in [5.41, 5.74) is 6.55. The molecule has 18 heavy (non-hydrogen) atoms. The number of hydrogen-bond acceptors (Lipinski definition) is 5. The van der Waals surface area contributed by atoms with Crippen LogP contribution in [0, 0.1) is 0 Å². The number of rotatable bonds is 6. The Balaban J connectivity index is 1.97. The highest BCUT2D eigenvalue weighted by Gasteiger charge is 2.03. The van der Waals surface area contributed by atoms with Gasteiger partial charge in [0.1, 0.15) is 5.75 Å². The first kappa shape index (κ1) is 12.5. The number of tetrazole rings is 1. The minimum atomic E-state index is 0.611. The molecule has 1 heterocycles. The summed E-state index contributed by atoms with van der Waals surface area (Å²) >= 11 is 0. The van der Waals surface area contributed by atoms with Crippen LogP contribution in [-0.2, 0) is 13.0 Å². The fourth-order valence-corrected chi connectivity index (χ4v) is 1.60. The zero-order chi connectivity index (χ0) is 12.8. The Bertz CT molecular complexity index is 479. The zero-order valence-corrected chi connectivity index (χ0v) is 10.4. The van der Waals surface area contributed by atoms with Crippen molar-refractivity contribution in [1.82, 2.24) is 20.2 Å². The smallest absolute Gasteiger partial charge is 0.174 e. The Kier molecular flexibility index (Phi) is 4.25. The molecular weight excluding hydrogens is 230 g/mol. The predicted octanol–water partition coefficient (Wildman–Crippen LogP) is 0.621. The Hall–Kier alpha value is -1.95. The molecule has 2 aromatic rings. The lowest BCUT2D eigenvalue weighted by atomic mass is 10.2. The number of benzene rings is 1. The van der Waals surface area contributed by atoms with Crippen molar-refractivity contribution >= 4 is 0 Å². The van der Waals surface area contributed by atoms with Gasteiger partial charge in [0.05, 0.1) is 13.7 Å². The normalized spacial score (nSPS) is 10.6. The Morgan fingerprint density at radius 1 is 1.28 bits per heavy atom. The third-order valence-electron chi connectivity index (χ3n) is 2.58. The summed E-state index contributed by atoms with van der Waals surface area (Å²) in [6.45, 7) is 1.26. The minimum Gasteiger partial charge on any atom is -0.497 e. The quantitative estimate of drug-likeness (QED) is 0.809. The van der Waals surface area contributed by atoms with Crippen molar-refractivity contribution in [3.63, 3.8) is 0 Å². The van der Waals surface area contributed by atoms with E-state index in [-0.39, 0.29) is 0 Å². The molecule has 0 radical (unpaired) electrons. The van der Waals surface area contributed by atoms with E-state index in [1.807, 2.05) is 24.3 Å².